The van der Waals surface area contributed by atoms with Gasteiger partial charge in [0.05, 0.1) is 0 Å². The molecular formula is C35H21NO2. The maximum Gasteiger partial charge on any atom is 0.143 e. The van der Waals surface area contributed by atoms with E-state index in [1.165, 1.54) is 0 Å². The van der Waals surface area contributed by atoms with Gasteiger partial charge in [0.2, 0.25) is 0 Å². The summed E-state index contributed by atoms with van der Waals surface area (Å²) in [4.78, 5) is 4.39. The van der Waals surface area contributed by atoms with Gasteiger partial charge < -0.3 is 8.83 Å². The minimum atomic E-state index is 0.893. The number of para-hydroxylation sites is 4. The second-order valence-electron chi connectivity index (χ2n) is 9.60. The molecule has 0 spiro atoms. The van der Waals surface area contributed by atoms with E-state index in [9.17, 15) is 0 Å². The Kier molecular flexibility index (Phi) is 4.52. The Morgan fingerprint density at radius 2 is 0.947 bits per heavy atom. The Morgan fingerprint density at radius 3 is 1.50 bits per heavy atom. The van der Waals surface area contributed by atoms with Crippen LogP contribution in [-0.2, 0) is 0 Å². The lowest BCUT2D eigenvalue weighted by molar-refractivity contribution is 0.670. The fourth-order valence-corrected chi connectivity index (χ4v) is 5.59. The van der Waals surface area contributed by atoms with Gasteiger partial charge in [0.25, 0.3) is 0 Å². The largest absolute Gasteiger partial charge is 0.455 e. The van der Waals surface area contributed by atoms with Gasteiger partial charge in [-0.3, -0.25) is 4.98 Å². The summed E-state index contributed by atoms with van der Waals surface area (Å²) in [5.74, 6) is 0. The van der Waals surface area contributed by atoms with Crippen molar-refractivity contribution in [2.75, 3.05) is 0 Å². The average molecular weight is 488 g/mol. The van der Waals surface area contributed by atoms with Gasteiger partial charge >= 0.3 is 0 Å². The molecule has 0 amide bonds. The number of furan rings is 2. The fraction of sp³-hybridized carbons (Fsp3) is 0. The van der Waals surface area contributed by atoms with Crippen LogP contribution >= 0.6 is 0 Å². The molecule has 3 heteroatoms. The molecule has 8 aromatic rings. The minimum Gasteiger partial charge on any atom is -0.455 e. The highest BCUT2D eigenvalue weighted by atomic mass is 16.3. The van der Waals surface area contributed by atoms with Crippen LogP contribution in [0.25, 0.3) is 77.3 Å². The quantitative estimate of drug-likeness (QED) is 0.249. The van der Waals surface area contributed by atoms with Gasteiger partial charge in [-0.15, -0.1) is 0 Å². The molecule has 0 unspecified atom stereocenters. The van der Waals surface area contributed by atoms with Crippen molar-refractivity contribution in [3.63, 3.8) is 0 Å². The first-order valence-electron chi connectivity index (χ1n) is 12.7. The number of benzene rings is 5. The fourth-order valence-electron chi connectivity index (χ4n) is 5.59. The third-order valence-electron chi connectivity index (χ3n) is 7.36. The van der Waals surface area contributed by atoms with Crippen LogP contribution in [0.15, 0.2) is 136 Å². The van der Waals surface area contributed by atoms with Gasteiger partial charge in [0, 0.05) is 50.6 Å². The van der Waals surface area contributed by atoms with E-state index >= 15 is 0 Å². The molecular weight excluding hydrogens is 466 g/mol. The van der Waals surface area contributed by atoms with Crippen molar-refractivity contribution in [1.82, 2.24) is 4.98 Å². The summed E-state index contributed by atoms with van der Waals surface area (Å²) < 4.78 is 12.8. The van der Waals surface area contributed by atoms with Crippen LogP contribution < -0.4 is 0 Å². The molecule has 0 aliphatic rings. The van der Waals surface area contributed by atoms with Gasteiger partial charge in [-0.05, 0) is 53.1 Å². The Hall–Kier alpha value is -5.15. The van der Waals surface area contributed by atoms with Crippen LogP contribution in [0, 0.1) is 0 Å². The summed E-state index contributed by atoms with van der Waals surface area (Å²) in [6, 6.07) is 39.9. The lowest BCUT2D eigenvalue weighted by atomic mass is 9.92. The average Bonchev–Trinajstić information content (AvgIpc) is 3.56. The predicted octanol–water partition coefficient (Wildman–Crippen LogP) is 9.88. The molecule has 0 saturated heterocycles. The zero-order chi connectivity index (χ0) is 25.1. The Bertz CT molecular complexity index is 2000. The van der Waals surface area contributed by atoms with Crippen LogP contribution in [0.3, 0.4) is 0 Å². The van der Waals surface area contributed by atoms with E-state index in [0.717, 1.165) is 77.3 Å². The topological polar surface area (TPSA) is 39.2 Å². The van der Waals surface area contributed by atoms with Crippen LogP contribution in [0.4, 0.5) is 0 Å². The van der Waals surface area contributed by atoms with E-state index in [2.05, 4.69) is 89.9 Å². The van der Waals surface area contributed by atoms with Crippen molar-refractivity contribution in [1.29, 1.82) is 0 Å². The lowest BCUT2D eigenvalue weighted by Gasteiger charge is -2.12. The van der Waals surface area contributed by atoms with Crippen LogP contribution in [0.2, 0.25) is 0 Å². The number of aromatic nitrogens is 1. The van der Waals surface area contributed by atoms with E-state index in [1.807, 2.05) is 36.5 Å². The van der Waals surface area contributed by atoms with Crippen molar-refractivity contribution in [3.05, 3.63) is 128 Å². The van der Waals surface area contributed by atoms with Crippen molar-refractivity contribution in [2.24, 2.45) is 0 Å². The molecule has 38 heavy (non-hydrogen) atoms. The molecule has 0 aliphatic carbocycles. The van der Waals surface area contributed by atoms with Crippen molar-refractivity contribution in [2.45, 2.75) is 0 Å². The van der Waals surface area contributed by atoms with Crippen molar-refractivity contribution < 1.29 is 8.83 Å². The van der Waals surface area contributed by atoms with E-state index in [1.54, 1.807) is 6.20 Å². The first-order valence-corrected chi connectivity index (χ1v) is 12.7. The normalized spacial score (nSPS) is 11.7. The molecule has 3 aromatic heterocycles. The van der Waals surface area contributed by atoms with Gasteiger partial charge in [-0.1, -0.05) is 78.9 Å². The summed E-state index contributed by atoms with van der Waals surface area (Å²) in [6.45, 7) is 0. The van der Waals surface area contributed by atoms with Gasteiger partial charge in [-0.25, -0.2) is 0 Å². The molecule has 0 atom stereocenters. The first kappa shape index (κ1) is 21.0. The molecule has 0 bridgehead atoms. The predicted molar refractivity (Wildman–Crippen MR) is 155 cm³/mol. The van der Waals surface area contributed by atoms with Gasteiger partial charge in [0.1, 0.15) is 22.3 Å². The van der Waals surface area contributed by atoms with Crippen LogP contribution in [0.5, 0.6) is 0 Å². The molecule has 0 fully saturated rings. The molecule has 0 aliphatic heterocycles. The summed E-state index contributed by atoms with van der Waals surface area (Å²) >= 11 is 0. The number of hydrogen-bond acceptors (Lipinski definition) is 3. The molecule has 178 valence electrons. The van der Waals surface area contributed by atoms with Gasteiger partial charge in [-0.2, -0.15) is 0 Å². The molecule has 8 rings (SSSR count). The molecule has 0 N–H and O–H groups in total. The zero-order valence-electron chi connectivity index (χ0n) is 20.4. The molecule has 5 aromatic carbocycles. The molecule has 3 heterocycles. The Labute approximate surface area is 218 Å². The SMILES string of the molecule is c1cncc(-c2cc(-c3cccc4c3oc3ccccc34)cc(-c3cccc4c3oc3ccccc34)c2)c1. The summed E-state index contributed by atoms with van der Waals surface area (Å²) in [5.41, 5.74) is 10.0. The third-order valence-corrected chi connectivity index (χ3v) is 7.36. The Morgan fingerprint density at radius 1 is 0.421 bits per heavy atom. The number of rotatable bonds is 3. The van der Waals surface area contributed by atoms with Gasteiger partial charge in [0.15, 0.2) is 0 Å². The third kappa shape index (κ3) is 3.19. The first-order chi connectivity index (χ1) is 18.8. The summed E-state index contributed by atoms with van der Waals surface area (Å²) in [6.07, 6.45) is 3.71. The second kappa shape index (κ2) is 8.19. The molecule has 0 saturated carbocycles. The molecule has 3 nitrogen and oxygen atoms in total. The number of nitrogens with zero attached hydrogens (tertiary/aromatic N) is 1. The van der Waals surface area contributed by atoms with Crippen molar-refractivity contribution >= 4 is 43.9 Å². The monoisotopic (exact) mass is 487 g/mol. The van der Waals surface area contributed by atoms with Crippen molar-refractivity contribution in [3.8, 4) is 33.4 Å². The number of pyridine rings is 1. The van der Waals surface area contributed by atoms with E-state index in [4.69, 9.17) is 8.83 Å². The number of hydrogen-bond donors (Lipinski definition) is 0. The standard InChI is InChI=1S/C35H21NO2/c1-3-15-32-28(9-1)30-13-5-11-26(34(30)37-32)24-18-23(22-8-7-17-36-21-22)19-25(20-24)27-12-6-14-31-29-10-2-4-16-33(29)38-35(27)31/h1-21H. The molecule has 0 radical (unpaired) electrons. The number of fused-ring (bicyclic) bond motifs is 6. The van der Waals surface area contributed by atoms with Crippen LogP contribution in [0.1, 0.15) is 0 Å². The summed E-state index contributed by atoms with van der Waals surface area (Å²) in [5, 5.41) is 4.48. The maximum atomic E-state index is 6.41. The van der Waals surface area contributed by atoms with E-state index < -0.39 is 0 Å². The van der Waals surface area contributed by atoms with Crippen LogP contribution in [-0.4, -0.2) is 4.98 Å². The lowest BCUT2D eigenvalue weighted by Crippen LogP contribution is -1.87. The Balaban J connectivity index is 1.43. The zero-order valence-corrected chi connectivity index (χ0v) is 20.4. The minimum absolute atomic E-state index is 0.893. The smallest absolute Gasteiger partial charge is 0.143 e. The second-order valence-corrected chi connectivity index (χ2v) is 9.60. The summed E-state index contributed by atoms with van der Waals surface area (Å²) in [7, 11) is 0. The highest BCUT2D eigenvalue weighted by Gasteiger charge is 2.17. The highest BCUT2D eigenvalue weighted by Crippen LogP contribution is 2.41. The van der Waals surface area contributed by atoms with E-state index in [0.29, 0.717) is 0 Å². The van der Waals surface area contributed by atoms with E-state index in [-0.39, 0.29) is 0 Å². The maximum absolute atomic E-state index is 6.41. The highest BCUT2D eigenvalue weighted by molar-refractivity contribution is 6.11.